The second-order valence-electron chi connectivity index (χ2n) is 6.02. The fraction of sp³-hybridized carbons (Fsp3) is 0.643. The minimum atomic E-state index is -0.498. The first-order valence-electron chi connectivity index (χ1n) is 7.13. The topological polar surface area (TPSA) is 85.4 Å². The Labute approximate surface area is 124 Å². The molecule has 1 atom stereocenters. The van der Waals surface area contributed by atoms with Crippen molar-refractivity contribution in [3.05, 3.63) is 17.8 Å². The molecule has 7 nitrogen and oxygen atoms in total. The standard InChI is InChI=1S/C14H22N4O3/c1-14(2,3)10-7-8-11(17-16-10)15-13(19)18-21-12-6-4-5-9-20-12/h7-8,12H,4-6,9H2,1-3H3,(H2,15,17,18,19)/t12-/m0/s1. The van der Waals surface area contributed by atoms with Crippen LogP contribution in [-0.4, -0.2) is 29.1 Å². The molecule has 1 aliphatic rings. The molecule has 0 aliphatic carbocycles. The third kappa shape index (κ3) is 4.95. The molecule has 2 rings (SSSR count). The number of hydroxylamine groups is 1. The summed E-state index contributed by atoms with van der Waals surface area (Å²) in [6, 6.07) is 3.06. The summed E-state index contributed by atoms with van der Waals surface area (Å²) < 4.78 is 5.34. The van der Waals surface area contributed by atoms with Gasteiger partial charge in [0.05, 0.1) is 5.69 Å². The van der Waals surface area contributed by atoms with E-state index in [1.54, 1.807) is 6.07 Å². The third-order valence-corrected chi connectivity index (χ3v) is 3.10. The molecule has 1 aromatic rings. The van der Waals surface area contributed by atoms with E-state index in [0.717, 1.165) is 25.0 Å². The Hall–Kier alpha value is -1.73. The smallest absolute Gasteiger partial charge is 0.344 e. The minimum absolute atomic E-state index is 0.0742. The Kier molecular flexibility index (Phi) is 5.08. The molecule has 2 N–H and O–H groups in total. The molecule has 1 fully saturated rings. The van der Waals surface area contributed by atoms with Crippen LogP contribution < -0.4 is 10.8 Å². The van der Waals surface area contributed by atoms with Gasteiger partial charge in [-0.2, -0.15) is 5.10 Å². The number of carbonyl (C=O) groups is 1. The van der Waals surface area contributed by atoms with Gasteiger partial charge in [-0.15, -0.1) is 5.10 Å². The SMILES string of the molecule is CC(C)(C)c1ccc(NC(=O)NO[C@H]2CCCCO2)nn1. The molecule has 0 aromatic carbocycles. The number of nitrogens with one attached hydrogen (secondary N) is 2. The molecule has 116 valence electrons. The highest BCUT2D eigenvalue weighted by molar-refractivity contribution is 5.87. The van der Waals surface area contributed by atoms with Crippen molar-refractivity contribution in [2.24, 2.45) is 0 Å². The molecule has 0 unspecified atom stereocenters. The summed E-state index contributed by atoms with van der Waals surface area (Å²) in [6.45, 7) is 6.81. The van der Waals surface area contributed by atoms with Crippen molar-refractivity contribution in [1.82, 2.24) is 15.7 Å². The molecule has 1 aliphatic heterocycles. The second kappa shape index (κ2) is 6.82. The van der Waals surface area contributed by atoms with Crippen molar-refractivity contribution >= 4 is 11.8 Å². The number of anilines is 1. The van der Waals surface area contributed by atoms with Gasteiger partial charge < -0.3 is 4.74 Å². The first-order valence-corrected chi connectivity index (χ1v) is 7.13. The number of rotatable bonds is 3. The van der Waals surface area contributed by atoms with Crippen LogP contribution in [-0.2, 0) is 15.0 Å². The number of ether oxygens (including phenoxy) is 1. The maximum atomic E-state index is 11.7. The highest BCUT2D eigenvalue weighted by Gasteiger charge is 2.17. The van der Waals surface area contributed by atoms with Crippen molar-refractivity contribution in [1.29, 1.82) is 0 Å². The van der Waals surface area contributed by atoms with Crippen LogP contribution in [0.25, 0.3) is 0 Å². The fourth-order valence-electron chi connectivity index (χ4n) is 1.86. The lowest BCUT2D eigenvalue weighted by Gasteiger charge is -2.22. The largest absolute Gasteiger partial charge is 0.350 e. The van der Waals surface area contributed by atoms with E-state index in [4.69, 9.17) is 9.57 Å². The van der Waals surface area contributed by atoms with E-state index in [1.165, 1.54) is 0 Å². The molecule has 1 saturated heterocycles. The first kappa shape index (κ1) is 15.7. The lowest BCUT2D eigenvalue weighted by atomic mass is 9.92. The molecule has 21 heavy (non-hydrogen) atoms. The van der Waals surface area contributed by atoms with Gasteiger partial charge in [0.15, 0.2) is 12.1 Å². The summed E-state index contributed by atoms with van der Waals surface area (Å²) in [5, 5.41) is 10.6. The number of carbonyl (C=O) groups excluding carboxylic acids is 1. The molecule has 0 spiro atoms. The van der Waals surface area contributed by atoms with Crippen molar-refractivity contribution < 1.29 is 14.4 Å². The van der Waals surface area contributed by atoms with Gasteiger partial charge in [0.25, 0.3) is 0 Å². The van der Waals surface area contributed by atoms with Gasteiger partial charge in [-0.3, -0.25) is 5.32 Å². The molecule has 0 radical (unpaired) electrons. The zero-order chi connectivity index (χ0) is 15.3. The summed E-state index contributed by atoms with van der Waals surface area (Å²) >= 11 is 0. The molecule has 0 saturated carbocycles. The van der Waals surface area contributed by atoms with Gasteiger partial charge in [-0.05, 0) is 25.0 Å². The maximum Gasteiger partial charge on any atom is 0.344 e. The van der Waals surface area contributed by atoms with Crippen LogP contribution in [0.5, 0.6) is 0 Å². The Bertz CT molecular complexity index is 464. The van der Waals surface area contributed by atoms with E-state index in [-0.39, 0.29) is 11.7 Å². The first-order chi connectivity index (χ1) is 9.95. The van der Waals surface area contributed by atoms with E-state index in [2.05, 4.69) is 41.8 Å². The van der Waals surface area contributed by atoms with Crippen LogP contribution in [0.15, 0.2) is 12.1 Å². The van der Waals surface area contributed by atoms with E-state index in [9.17, 15) is 4.79 Å². The average Bonchev–Trinajstić information content (AvgIpc) is 2.46. The summed E-state index contributed by atoms with van der Waals surface area (Å²) in [4.78, 5) is 16.8. The van der Waals surface area contributed by atoms with Gasteiger partial charge in [0.2, 0.25) is 0 Å². The van der Waals surface area contributed by atoms with E-state index in [0.29, 0.717) is 12.4 Å². The summed E-state index contributed by atoms with van der Waals surface area (Å²) in [5.41, 5.74) is 3.09. The van der Waals surface area contributed by atoms with Crippen molar-refractivity contribution in [2.45, 2.75) is 51.7 Å². The number of aromatic nitrogens is 2. The Morgan fingerprint density at radius 3 is 2.71 bits per heavy atom. The third-order valence-electron chi connectivity index (χ3n) is 3.10. The van der Waals surface area contributed by atoms with E-state index in [1.807, 2.05) is 6.07 Å². The minimum Gasteiger partial charge on any atom is -0.350 e. The van der Waals surface area contributed by atoms with Crippen LogP contribution in [0.1, 0.15) is 45.7 Å². The monoisotopic (exact) mass is 294 g/mol. The quantitative estimate of drug-likeness (QED) is 0.836. The number of urea groups is 1. The molecular weight excluding hydrogens is 272 g/mol. The number of hydrogen-bond donors (Lipinski definition) is 2. The van der Waals surface area contributed by atoms with Gasteiger partial charge in [0, 0.05) is 18.4 Å². The highest BCUT2D eigenvalue weighted by Crippen LogP contribution is 2.19. The molecule has 2 heterocycles. The molecule has 7 heteroatoms. The fourth-order valence-corrected chi connectivity index (χ4v) is 1.86. The predicted octanol–water partition coefficient (Wildman–Crippen LogP) is 2.35. The Balaban J connectivity index is 1.79. The summed E-state index contributed by atoms with van der Waals surface area (Å²) in [6.07, 6.45) is 2.47. The lowest BCUT2D eigenvalue weighted by molar-refractivity contribution is -0.185. The van der Waals surface area contributed by atoms with Gasteiger partial charge in [0.1, 0.15) is 0 Å². The second-order valence-corrected chi connectivity index (χ2v) is 6.02. The lowest BCUT2D eigenvalue weighted by Crippen LogP contribution is -2.35. The Morgan fingerprint density at radius 1 is 1.33 bits per heavy atom. The molecular formula is C14H22N4O3. The van der Waals surface area contributed by atoms with Crippen molar-refractivity contribution in [3.63, 3.8) is 0 Å². The van der Waals surface area contributed by atoms with Crippen molar-refractivity contribution in [2.75, 3.05) is 11.9 Å². The molecule has 0 bridgehead atoms. The summed E-state index contributed by atoms with van der Waals surface area (Å²) in [7, 11) is 0. The molecule has 2 amide bonds. The normalized spacial score (nSPS) is 19.1. The van der Waals surface area contributed by atoms with Crippen LogP contribution in [0, 0.1) is 0 Å². The number of hydrogen-bond acceptors (Lipinski definition) is 5. The highest BCUT2D eigenvalue weighted by atomic mass is 16.8. The van der Waals surface area contributed by atoms with Crippen LogP contribution in [0.3, 0.4) is 0 Å². The zero-order valence-electron chi connectivity index (χ0n) is 12.7. The predicted molar refractivity (Wildman–Crippen MR) is 77.6 cm³/mol. The zero-order valence-corrected chi connectivity index (χ0v) is 12.7. The van der Waals surface area contributed by atoms with Gasteiger partial charge >= 0.3 is 6.03 Å². The maximum absolute atomic E-state index is 11.7. The summed E-state index contributed by atoms with van der Waals surface area (Å²) in [5.74, 6) is 0.369. The van der Waals surface area contributed by atoms with Gasteiger partial charge in [-0.1, -0.05) is 20.8 Å². The Morgan fingerprint density at radius 2 is 2.14 bits per heavy atom. The van der Waals surface area contributed by atoms with Gasteiger partial charge in [-0.25, -0.2) is 15.1 Å². The van der Waals surface area contributed by atoms with Crippen molar-refractivity contribution in [3.8, 4) is 0 Å². The number of nitrogens with zero attached hydrogens (tertiary/aromatic N) is 2. The van der Waals surface area contributed by atoms with E-state index >= 15 is 0 Å². The molecule has 1 aromatic heterocycles. The van der Waals surface area contributed by atoms with Crippen LogP contribution >= 0.6 is 0 Å². The average molecular weight is 294 g/mol. The van der Waals surface area contributed by atoms with E-state index < -0.39 is 6.03 Å². The van der Waals surface area contributed by atoms with Crippen LogP contribution in [0.4, 0.5) is 10.6 Å². The number of amides is 2. The van der Waals surface area contributed by atoms with Crippen LogP contribution in [0.2, 0.25) is 0 Å².